The molecule has 1 N–H and O–H groups in total. The van der Waals surface area contributed by atoms with E-state index in [4.69, 9.17) is 0 Å². The lowest BCUT2D eigenvalue weighted by Crippen LogP contribution is -2.69. The standard InChI is InChI=1S/C24H28OSi/c1-16-7-10-19(4)22(13-16)26(25,23-14-17(2)8-11-20(23)5)24-15-18(3)9-12-21(24)6/h7-15,25H,1-6H3. The third-order valence-electron chi connectivity index (χ3n) is 5.35. The van der Waals surface area contributed by atoms with Gasteiger partial charge < -0.3 is 4.80 Å². The predicted octanol–water partition coefficient (Wildman–Crippen LogP) is 3.50. The molecule has 0 aliphatic rings. The summed E-state index contributed by atoms with van der Waals surface area (Å²) >= 11 is 0. The van der Waals surface area contributed by atoms with Crippen molar-refractivity contribution in [3.8, 4) is 0 Å². The summed E-state index contributed by atoms with van der Waals surface area (Å²) < 4.78 is 0. The van der Waals surface area contributed by atoms with Gasteiger partial charge in [-0.2, -0.15) is 0 Å². The van der Waals surface area contributed by atoms with Crippen LogP contribution in [0.3, 0.4) is 0 Å². The third-order valence-corrected chi connectivity index (χ3v) is 9.30. The van der Waals surface area contributed by atoms with Crippen LogP contribution in [0.5, 0.6) is 0 Å². The summed E-state index contributed by atoms with van der Waals surface area (Å²) in [5.74, 6) is 0. The van der Waals surface area contributed by atoms with Crippen molar-refractivity contribution in [3.63, 3.8) is 0 Å². The van der Waals surface area contributed by atoms with Crippen LogP contribution in [0, 0.1) is 41.5 Å². The van der Waals surface area contributed by atoms with Crippen molar-refractivity contribution in [1.29, 1.82) is 0 Å². The van der Waals surface area contributed by atoms with Crippen molar-refractivity contribution in [2.45, 2.75) is 41.5 Å². The second kappa shape index (κ2) is 6.86. The molecule has 0 aromatic heterocycles. The smallest absolute Gasteiger partial charge is 0.286 e. The van der Waals surface area contributed by atoms with Crippen molar-refractivity contribution in [2.24, 2.45) is 0 Å². The SMILES string of the molecule is Cc1ccc(C)c([Si](O)(c2cc(C)ccc2C)c2cc(C)ccc2C)c1. The zero-order valence-electron chi connectivity index (χ0n) is 16.6. The van der Waals surface area contributed by atoms with E-state index in [0.29, 0.717) is 0 Å². The van der Waals surface area contributed by atoms with Crippen LogP contribution in [0.4, 0.5) is 0 Å². The quantitative estimate of drug-likeness (QED) is 0.560. The molecule has 1 nitrogen and oxygen atoms in total. The lowest BCUT2D eigenvalue weighted by atomic mass is 10.1. The molecule has 0 unspecified atom stereocenters. The Balaban J connectivity index is 2.45. The minimum atomic E-state index is -3.11. The van der Waals surface area contributed by atoms with Gasteiger partial charge in [0.2, 0.25) is 0 Å². The second-order valence-electron chi connectivity index (χ2n) is 7.67. The lowest BCUT2D eigenvalue weighted by Gasteiger charge is -2.32. The normalized spacial score (nSPS) is 11.7. The molecule has 0 saturated carbocycles. The molecule has 0 aliphatic heterocycles. The van der Waals surface area contributed by atoms with E-state index in [1.807, 2.05) is 0 Å². The summed E-state index contributed by atoms with van der Waals surface area (Å²) in [5, 5.41) is 3.29. The Kier molecular flexibility index (Phi) is 4.91. The van der Waals surface area contributed by atoms with E-state index in [2.05, 4.69) is 96.1 Å². The fraction of sp³-hybridized carbons (Fsp3) is 0.250. The van der Waals surface area contributed by atoms with E-state index >= 15 is 0 Å². The molecule has 0 heterocycles. The Morgan fingerprint density at radius 2 is 0.769 bits per heavy atom. The van der Waals surface area contributed by atoms with Gasteiger partial charge in [-0.25, -0.2) is 0 Å². The van der Waals surface area contributed by atoms with Crippen molar-refractivity contribution in [2.75, 3.05) is 0 Å². The molecule has 0 spiro atoms. The largest absolute Gasteiger partial charge is 0.421 e. The van der Waals surface area contributed by atoms with Crippen LogP contribution < -0.4 is 15.6 Å². The molecule has 3 aromatic carbocycles. The number of aryl methyl sites for hydroxylation is 6. The van der Waals surface area contributed by atoms with Crippen LogP contribution in [-0.2, 0) is 0 Å². The first-order valence-electron chi connectivity index (χ1n) is 9.19. The van der Waals surface area contributed by atoms with Crippen LogP contribution in [0.1, 0.15) is 33.4 Å². The fourth-order valence-corrected chi connectivity index (χ4v) is 7.95. The molecular formula is C24H28OSi. The van der Waals surface area contributed by atoms with Gasteiger partial charge in [-0.15, -0.1) is 0 Å². The van der Waals surface area contributed by atoms with E-state index in [0.717, 1.165) is 32.3 Å². The van der Waals surface area contributed by atoms with Crippen LogP contribution in [0.15, 0.2) is 54.6 Å². The maximum absolute atomic E-state index is 12.5. The number of rotatable bonds is 3. The van der Waals surface area contributed by atoms with Crippen LogP contribution in [0.2, 0.25) is 0 Å². The Hall–Kier alpha value is -2.16. The summed E-state index contributed by atoms with van der Waals surface area (Å²) in [6.07, 6.45) is 0. The first kappa shape index (κ1) is 18.6. The first-order valence-corrected chi connectivity index (χ1v) is 11.1. The monoisotopic (exact) mass is 360 g/mol. The highest BCUT2D eigenvalue weighted by atomic mass is 28.4. The first-order chi connectivity index (χ1) is 12.2. The van der Waals surface area contributed by atoms with Gasteiger partial charge in [-0.3, -0.25) is 0 Å². The minimum absolute atomic E-state index is 1.10. The number of benzene rings is 3. The molecule has 134 valence electrons. The molecule has 0 bridgehead atoms. The molecular weight excluding hydrogens is 332 g/mol. The van der Waals surface area contributed by atoms with Crippen molar-refractivity contribution < 1.29 is 4.80 Å². The van der Waals surface area contributed by atoms with E-state index < -0.39 is 8.32 Å². The highest BCUT2D eigenvalue weighted by Gasteiger charge is 2.41. The van der Waals surface area contributed by atoms with E-state index in [-0.39, 0.29) is 0 Å². The van der Waals surface area contributed by atoms with Gasteiger partial charge in [0.25, 0.3) is 8.32 Å². The van der Waals surface area contributed by atoms with Gasteiger partial charge in [0.15, 0.2) is 0 Å². The molecule has 0 radical (unpaired) electrons. The maximum atomic E-state index is 12.5. The minimum Gasteiger partial charge on any atom is -0.421 e. The maximum Gasteiger partial charge on any atom is 0.286 e. The average Bonchev–Trinajstić information content (AvgIpc) is 2.60. The van der Waals surface area contributed by atoms with Gasteiger partial charge in [-0.1, -0.05) is 71.3 Å². The highest BCUT2D eigenvalue weighted by molar-refractivity contribution is 7.06. The zero-order chi connectivity index (χ0) is 19.1. The van der Waals surface area contributed by atoms with Gasteiger partial charge in [-0.05, 0) is 73.8 Å². The van der Waals surface area contributed by atoms with Gasteiger partial charge in [0.05, 0.1) is 0 Å². The van der Waals surface area contributed by atoms with Crippen LogP contribution in [-0.4, -0.2) is 13.1 Å². The second-order valence-corrected chi connectivity index (χ2v) is 10.7. The Morgan fingerprint density at radius 1 is 0.500 bits per heavy atom. The lowest BCUT2D eigenvalue weighted by molar-refractivity contribution is 0.582. The number of hydrogen-bond acceptors (Lipinski definition) is 1. The Bertz CT molecular complexity index is 847. The summed E-state index contributed by atoms with van der Waals surface area (Å²) in [4.78, 5) is 12.5. The molecule has 0 fully saturated rings. The molecule has 26 heavy (non-hydrogen) atoms. The molecule has 0 amide bonds. The third kappa shape index (κ3) is 3.15. The molecule has 2 heteroatoms. The molecule has 0 aliphatic carbocycles. The van der Waals surface area contributed by atoms with Crippen molar-refractivity contribution in [3.05, 3.63) is 88.0 Å². The highest BCUT2D eigenvalue weighted by Crippen LogP contribution is 2.15. The van der Waals surface area contributed by atoms with E-state index in [1.54, 1.807) is 0 Å². The topological polar surface area (TPSA) is 20.2 Å². The van der Waals surface area contributed by atoms with Crippen LogP contribution >= 0.6 is 0 Å². The predicted molar refractivity (Wildman–Crippen MR) is 115 cm³/mol. The number of hydrogen-bond donors (Lipinski definition) is 1. The fourth-order valence-electron chi connectivity index (χ4n) is 3.81. The van der Waals surface area contributed by atoms with Gasteiger partial charge in [0.1, 0.15) is 0 Å². The van der Waals surface area contributed by atoms with Crippen molar-refractivity contribution in [1.82, 2.24) is 0 Å². The summed E-state index contributed by atoms with van der Waals surface area (Å²) in [6.45, 7) is 12.6. The summed E-state index contributed by atoms with van der Waals surface area (Å²) in [5.41, 5.74) is 7.04. The molecule has 0 saturated heterocycles. The Labute approximate surface area is 158 Å². The average molecular weight is 361 g/mol. The summed E-state index contributed by atoms with van der Waals surface area (Å²) in [7, 11) is -3.11. The summed E-state index contributed by atoms with van der Waals surface area (Å²) in [6, 6.07) is 19.3. The van der Waals surface area contributed by atoms with Gasteiger partial charge in [0, 0.05) is 0 Å². The van der Waals surface area contributed by atoms with Gasteiger partial charge >= 0.3 is 0 Å². The molecule has 0 atom stereocenters. The molecule has 3 aromatic rings. The zero-order valence-corrected chi connectivity index (χ0v) is 17.6. The van der Waals surface area contributed by atoms with Crippen LogP contribution in [0.25, 0.3) is 0 Å². The Morgan fingerprint density at radius 3 is 1.04 bits per heavy atom. The van der Waals surface area contributed by atoms with Crippen molar-refractivity contribution >= 4 is 23.9 Å². The molecule has 3 rings (SSSR count). The van der Waals surface area contributed by atoms with E-state index in [9.17, 15) is 4.80 Å². The van der Waals surface area contributed by atoms with E-state index in [1.165, 1.54) is 16.7 Å².